The molecule has 2 saturated heterocycles. The molecule has 0 unspecified atom stereocenters. The van der Waals surface area contributed by atoms with Gasteiger partial charge in [0.25, 0.3) is 5.91 Å². The number of carbonyl (C=O) groups is 2. The number of anilines is 2. The lowest BCUT2D eigenvalue weighted by Gasteiger charge is -2.21. The fourth-order valence-electron chi connectivity index (χ4n) is 4.11. The number of hydrogen-bond acceptors (Lipinski definition) is 4. The van der Waals surface area contributed by atoms with Crippen LogP contribution in [0.2, 0.25) is 5.02 Å². The predicted octanol–water partition coefficient (Wildman–Crippen LogP) is 4.28. The molecule has 0 aliphatic carbocycles. The van der Waals surface area contributed by atoms with Crippen LogP contribution in [0.5, 0.6) is 0 Å². The van der Waals surface area contributed by atoms with E-state index in [4.69, 9.17) is 11.6 Å². The van der Waals surface area contributed by atoms with E-state index in [1.807, 2.05) is 0 Å². The number of sulfonamides is 1. The zero-order valence-electron chi connectivity index (χ0n) is 17.7. The molecule has 0 spiro atoms. The number of nitrogens with one attached hydrogen (secondary N) is 1. The predicted molar refractivity (Wildman–Crippen MR) is 125 cm³/mol. The number of rotatable bonds is 5. The van der Waals surface area contributed by atoms with Gasteiger partial charge in [0.05, 0.1) is 5.02 Å². The molecule has 2 amide bonds. The van der Waals surface area contributed by atoms with E-state index in [0.29, 0.717) is 31.7 Å². The van der Waals surface area contributed by atoms with Gasteiger partial charge < -0.3 is 10.2 Å². The highest BCUT2D eigenvalue weighted by atomic mass is 35.5. The molecule has 0 atom stereocenters. The van der Waals surface area contributed by atoms with Crippen molar-refractivity contribution in [2.24, 2.45) is 0 Å². The third kappa shape index (κ3) is 4.82. The van der Waals surface area contributed by atoms with Gasteiger partial charge in [-0.05, 0) is 61.7 Å². The fourth-order valence-corrected chi connectivity index (χ4v) is 6.13. The number of nitrogens with zero attached hydrogens (tertiary/aromatic N) is 2. The summed E-state index contributed by atoms with van der Waals surface area (Å²) in [6.07, 6.45) is 5.04. The SMILES string of the molecule is O=C(Nc1ccc(N2CCCC2=O)cc1)c1ccc(Cl)c(S(=O)(=O)N2CCCCCC2)c1. The highest BCUT2D eigenvalue weighted by Gasteiger charge is 2.28. The first-order chi connectivity index (χ1) is 15.4. The minimum atomic E-state index is -3.78. The van der Waals surface area contributed by atoms with E-state index in [1.165, 1.54) is 22.5 Å². The van der Waals surface area contributed by atoms with E-state index >= 15 is 0 Å². The van der Waals surface area contributed by atoms with Crippen molar-refractivity contribution in [2.45, 2.75) is 43.4 Å². The summed E-state index contributed by atoms with van der Waals surface area (Å²) in [5, 5.41) is 2.88. The van der Waals surface area contributed by atoms with Crippen LogP contribution in [0.3, 0.4) is 0 Å². The standard InChI is InChI=1S/C23H26ClN3O4S/c24-20-12-7-17(16-21(20)32(30,31)26-13-3-1-2-4-14-26)23(29)25-18-8-10-19(11-9-18)27-15-5-6-22(27)28/h7-12,16H,1-6,13-15H2,(H,25,29). The molecule has 7 nitrogen and oxygen atoms in total. The van der Waals surface area contributed by atoms with Crippen molar-refractivity contribution in [3.05, 3.63) is 53.1 Å². The van der Waals surface area contributed by atoms with E-state index in [-0.39, 0.29) is 21.4 Å². The van der Waals surface area contributed by atoms with E-state index in [9.17, 15) is 18.0 Å². The van der Waals surface area contributed by atoms with Crippen LogP contribution in [0.25, 0.3) is 0 Å². The molecule has 2 aliphatic heterocycles. The zero-order chi connectivity index (χ0) is 22.7. The normalized spacial score (nSPS) is 17.9. The Kier molecular flexibility index (Phi) is 6.83. The molecule has 0 bridgehead atoms. The number of benzene rings is 2. The van der Waals surface area contributed by atoms with Gasteiger partial charge in [0, 0.05) is 43.0 Å². The Hall–Kier alpha value is -2.42. The van der Waals surface area contributed by atoms with Crippen molar-refractivity contribution in [1.82, 2.24) is 4.31 Å². The summed E-state index contributed by atoms with van der Waals surface area (Å²) in [7, 11) is -3.78. The first-order valence-corrected chi connectivity index (χ1v) is 12.7. The van der Waals surface area contributed by atoms with Gasteiger partial charge in [0.2, 0.25) is 15.9 Å². The Balaban J connectivity index is 1.51. The highest BCUT2D eigenvalue weighted by Crippen LogP contribution is 2.28. The molecule has 2 heterocycles. The Morgan fingerprint density at radius 1 is 0.906 bits per heavy atom. The maximum Gasteiger partial charge on any atom is 0.255 e. The molecule has 0 aromatic heterocycles. The third-order valence-corrected chi connectivity index (χ3v) is 8.27. The van der Waals surface area contributed by atoms with Crippen molar-refractivity contribution in [3.8, 4) is 0 Å². The molecular formula is C23H26ClN3O4S. The van der Waals surface area contributed by atoms with Crippen LogP contribution in [-0.4, -0.2) is 44.2 Å². The Morgan fingerprint density at radius 2 is 1.59 bits per heavy atom. The summed E-state index contributed by atoms with van der Waals surface area (Å²) in [5.41, 5.74) is 1.56. The Labute approximate surface area is 193 Å². The first kappa shape index (κ1) is 22.8. The molecule has 4 rings (SSSR count). The second kappa shape index (κ2) is 9.60. The Bertz CT molecular complexity index is 1110. The largest absolute Gasteiger partial charge is 0.322 e. The summed E-state index contributed by atoms with van der Waals surface area (Å²) in [6, 6.07) is 11.3. The van der Waals surface area contributed by atoms with Crippen LogP contribution in [0.15, 0.2) is 47.4 Å². The lowest BCUT2D eigenvalue weighted by atomic mass is 10.2. The van der Waals surface area contributed by atoms with Gasteiger partial charge >= 0.3 is 0 Å². The Morgan fingerprint density at radius 3 is 2.22 bits per heavy atom. The lowest BCUT2D eigenvalue weighted by Crippen LogP contribution is -2.32. The average Bonchev–Trinajstić information content (AvgIpc) is 3.02. The second-order valence-electron chi connectivity index (χ2n) is 8.11. The second-order valence-corrected chi connectivity index (χ2v) is 10.4. The van der Waals surface area contributed by atoms with E-state index in [1.54, 1.807) is 29.2 Å². The number of hydrogen-bond donors (Lipinski definition) is 1. The third-order valence-electron chi connectivity index (χ3n) is 5.89. The van der Waals surface area contributed by atoms with Gasteiger partial charge in [0.1, 0.15) is 4.90 Å². The lowest BCUT2D eigenvalue weighted by molar-refractivity contribution is -0.117. The van der Waals surface area contributed by atoms with E-state index in [0.717, 1.165) is 37.8 Å². The van der Waals surface area contributed by atoms with Gasteiger partial charge in [0.15, 0.2) is 0 Å². The summed E-state index contributed by atoms with van der Waals surface area (Å²) in [5.74, 6) is -0.333. The minimum Gasteiger partial charge on any atom is -0.322 e. The highest BCUT2D eigenvalue weighted by molar-refractivity contribution is 7.89. The molecule has 2 aromatic rings. The first-order valence-electron chi connectivity index (χ1n) is 10.9. The molecule has 1 N–H and O–H groups in total. The van der Waals surface area contributed by atoms with Crippen molar-refractivity contribution < 1.29 is 18.0 Å². The fraction of sp³-hybridized carbons (Fsp3) is 0.391. The van der Waals surface area contributed by atoms with Crippen LogP contribution < -0.4 is 10.2 Å². The molecule has 0 saturated carbocycles. The quantitative estimate of drug-likeness (QED) is 0.699. The zero-order valence-corrected chi connectivity index (χ0v) is 19.3. The van der Waals surface area contributed by atoms with Crippen LogP contribution in [-0.2, 0) is 14.8 Å². The maximum absolute atomic E-state index is 13.2. The monoisotopic (exact) mass is 475 g/mol. The van der Waals surface area contributed by atoms with Crippen molar-refractivity contribution in [1.29, 1.82) is 0 Å². The summed E-state index contributed by atoms with van der Waals surface area (Å²) in [6.45, 7) is 1.62. The topological polar surface area (TPSA) is 86.8 Å². The van der Waals surface area contributed by atoms with E-state index in [2.05, 4.69) is 5.32 Å². The molecule has 32 heavy (non-hydrogen) atoms. The maximum atomic E-state index is 13.2. The van der Waals surface area contributed by atoms with Crippen LogP contribution in [0.1, 0.15) is 48.9 Å². The van der Waals surface area contributed by atoms with E-state index < -0.39 is 15.9 Å². The average molecular weight is 476 g/mol. The van der Waals surface area contributed by atoms with Gasteiger partial charge in [-0.15, -0.1) is 0 Å². The number of carbonyl (C=O) groups excluding carboxylic acids is 2. The van der Waals surface area contributed by atoms with Gasteiger partial charge in [-0.1, -0.05) is 24.4 Å². The van der Waals surface area contributed by atoms with Crippen LogP contribution in [0.4, 0.5) is 11.4 Å². The summed E-state index contributed by atoms with van der Waals surface area (Å²) < 4.78 is 27.8. The molecule has 0 radical (unpaired) electrons. The number of amides is 2. The van der Waals surface area contributed by atoms with Gasteiger partial charge in [-0.25, -0.2) is 8.42 Å². The molecular weight excluding hydrogens is 450 g/mol. The summed E-state index contributed by atoms with van der Waals surface area (Å²) in [4.78, 5) is 26.4. The minimum absolute atomic E-state index is 0.0448. The smallest absolute Gasteiger partial charge is 0.255 e. The summed E-state index contributed by atoms with van der Waals surface area (Å²) >= 11 is 6.23. The molecule has 170 valence electrons. The molecule has 2 fully saturated rings. The van der Waals surface area contributed by atoms with Crippen LogP contribution in [0, 0.1) is 0 Å². The van der Waals surface area contributed by atoms with Gasteiger partial charge in [-0.2, -0.15) is 4.31 Å². The van der Waals surface area contributed by atoms with Gasteiger partial charge in [-0.3, -0.25) is 9.59 Å². The van der Waals surface area contributed by atoms with Crippen molar-refractivity contribution >= 4 is 44.8 Å². The van der Waals surface area contributed by atoms with Crippen LogP contribution >= 0.6 is 11.6 Å². The van der Waals surface area contributed by atoms with Crippen molar-refractivity contribution in [3.63, 3.8) is 0 Å². The molecule has 2 aliphatic rings. The molecule has 9 heteroatoms. The van der Waals surface area contributed by atoms with Crippen molar-refractivity contribution in [2.75, 3.05) is 29.9 Å². The number of halogens is 1. The molecule has 2 aromatic carbocycles.